The molecule has 0 aromatic rings. The van der Waals surface area contributed by atoms with Gasteiger partial charge in [0.05, 0.1) is 5.41 Å². The summed E-state index contributed by atoms with van der Waals surface area (Å²) in [5, 5.41) is 18.9. The second-order valence-corrected chi connectivity index (χ2v) is 4.94. The van der Waals surface area contributed by atoms with E-state index in [0.29, 0.717) is 12.8 Å². The Kier molecular flexibility index (Phi) is 4.33. The van der Waals surface area contributed by atoms with Crippen molar-refractivity contribution < 1.29 is 19.8 Å². The summed E-state index contributed by atoms with van der Waals surface area (Å²) in [5.74, 6) is -2.16. The van der Waals surface area contributed by atoms with Crippen molar-refractivity contribution in [2.45, 2.75) is 39.5 Å². The molecule has 0 saturated carbocycles. The summed E-state index contributed by atoms with van der Waals surface area (Å²) in [6.07, 6.45) is 9.18. The predicted molar refractivity (Wildman–Crippen MR) is 68.2 cm³/mol. The first-order valence-corrected chi connectivity index (χ1v) is 6.23. The fourth-order valence-electron chi connectivity index (χ4n) is 2.37. The number of carboxylic acids is 2. The number of hydrogen-bond donors (Lipinski definition) is 2. The van der Waals surface area contributed by atoms with Gasteiger partial charge < -0.3 is 10.2 Å². The van der Waals surface area contributed by atoms with Crippen LogP contribution in [0.4, 0.5) is 0 Å². The summed E-state index contributed by atoms with van der Waals surface area (Å²) in [4.78, 5) is 23.1. The molecule has 0 radical (unpaired) electrons. The third-order valence-corrected chi connectivity index (χ3v) is 3.77. The molecule has 1 rings (SSSR count). The fraction of sp³-hybridized carbons (Fsp3) is 0.571. The molecule has 0 aromatic heterocycles. The van der Waals surface area contributed by atoms with E-state index in [2.05, 4.69) is 0 Å². The van der Waals surface area contributed by atoms with Crippen LogP contribution in [0.1, 0.15) is 39.5 Å². The third kappa shape index (κ3) is 2.19. The lowest BCUT2D eigenvalue weighted by Gasteiger charge is -2.41. The van der Waals surface area contributed by atoms with Crippen LogP contribution in [-0.4, -0.2) is 22.2 Å². The average molecular weight is 252 g/mol. The van der Waals surface area contributed by atoms with E-state index in [1.807, 2.05) is 6.92 Å². The van der Waals surface area contributed by atoms with E-state index in [9.17, 15) is 19.8 Å². The molecule has 0 aromatic carbocycles. The molecule has 0 bridgehead atoms. The highest BCUT2D eigenvalue weighted by molar-refractivity contribution is 5.90. The molecular weight excluding hydrogens is 232 g/mol. The van der Waals surface area contributed by atoms with Crippen LogP contribution in [0, 0.1) is 10.8 Å². The van der Waals surface area contributed by atoms with Crippen LogP contribution < -0.4 is 0 Å². The monoisotopic (exact) mass is 252 g/mol. The number of carbonyl (C=O) groups is 2. The van der Waals surface area contributed by atoms with E-state index in [4.69, 9.17) is 0 Å². The van der Waals surface area contributed by atoms with Crippen molar-refractivity contribution in [3.63, 3.8) is 0 Å². The molecule has 0 spiro atoms. The van der Waals surface area contributed by atoms with Gasteiger partial charge in [-0.25, -0.2) is 0 Å². The van der Waals surface area contributed by atoms with Gasteiger partial charge in [-0.1, -0.05) is 37.6 Å². The Labute approximate surface area is 107 Å². The smallest absolute Gasteiger partial charge is 0.318 e. The Balaban J connectivity index is 3.29. The van der Waals surface area contributed by atoms with E-state index in [1.165, 1.54) is 13.0 Å². The van der Waals surface area contributed by atoms with Crippen molar-refractivity contribution in [1.29, 1.82) is 0 Å². The molecule has 18 heavy (non-hydrogen) atoms. The second kappa shape index (κ2) is 5.38. The van der Waals surface area contributed by atoms with Gasteiger partial charge in [0.2, 0.25) is 0 Å². The van der Waals surface area contributed by atoms with E-state index in [-0.39, 0.29) is 0 Å². The predicted octanol–water partition coefficient (Wildman–Crippen LogP) is 2.85. The van der Waals surface area contributed by atoms with Crippen molar-refractivity contribution in [2.24, 2.45) is 10.8 Å². The topological polar surface area (TPSA) is 74.6 Å². The molecule has 2 unspecified atom stereocenters. The second-order valence-electron chi connectivity index (χ2n) is 4.94. The molecule has 0 heterocycles. The Bertz CT molecular complexity index is 397. The molecule has 2 atom stereocenters. The summed E-state index contributed by atoms with van der Waals surface area (Å²) in [6, 6.07) is 0. The van der Waals surface area contributed by atoms with Crippen LogP contribution in [0.25, 0.3) is 0 Å². The average Bonchev–Trinajstić information content (AvgIpc) is 2.31. The normalized spacial score (nSPS) is 31.7. The Hall–Kier alpha value is -1.58. The minimum atomic E-state index is -1.44. The molecule has 0 saturated heterocycles. The molecule has 4 nitrogen and oxygen atoms in total. The van der Waals surface area contributed by atoms with Crippen LogP contribution in [-0.2, 0) is 9.59 Å². The summed E-state index contributed by atoms with van der Waals surface area (Å²) < 4.78 is 0. The van der Waals surface area contributed by atoms with Gasteiger partial charge in [0.25, 0.3) is 0 Å². The van der Waals surface area contributed by atoms with Crippen LogP contribution in [0.5, 0.6) is 0 Å². The quantitative estimate of drug-likeness (QED) is 0.738. The molecule has 2 N–H and O–H groups in total. The zero-order valence-electron chi connectivity index (χ0n) is 10.8. The molecule has 0 aliphatic heterocycles. The van der Waals surface area contributed by atoms with E-state index >= 15 is 0 Å². The molecule has 0 amide bonds. The molecule has 4 heteroatoms. The summed E-state index contributed by atoms with van der Waals surface area (Å²) in [5.41, 5.74) is -2.73. The number of unbranched alkanes of at least 4 members (excludes halogenated alkanes) is 1. The van der Waals surface area contributed by atoms with Crippen LogP contribution >= 0.6 is 0 Å². The van der Waals surface area contributed by atoms with Crippen LogP contribution in [0.15, 0.2) is 24.3 Å². The number of hydrogen-bond acceptors (Lipinski definition) is 2. The highest BCUT2D eigenvalue weighted by atomic mass is 16.4. The van der Waals surface area contributed by atoms with Gasteiger partial charge in [-0.3, -0.25) is 9.59 Å². The lowest BCUT2D eigenvalue weighted by molar-refractivity contribution is -0.165. The minimum absolute atomic E-state index is 0.335. The highest BCUT2D eigenvalue weighted by Crippen LogP contribution is 2.49. The van der Waals surface area contributed by atoms with Crippen molar-refractivity contribution >= 4 is 11.9 Å². The maximum atomic E-state index is 11.6. The van der Waals surface area contributed by atoms with Gasteiger partial charge in [0.15, 0.2) is 0 Å². The van der Waals surface area contributed by atoms with Gasteiger partial charge in [-0.2, -0.15) is 0 Å². The number of carboxylic acid groups (broad SMARTS) is 2. The fourth-order valence-corrected chi connectivity index (χ4v) is 2.37. The Morgan fingerprint density at radius 1 is 1.33 bits per heavy atom. The van der Waals surface area contributed by atoms with Crippen LogP contribution in [0.3, 0.4) is 0 Å². The van der Waals surface area contributed by atoms with Crippen molar-refractivity contribution in [3.8, 4) is 0 Å². The van der Waals surface area contributed by atoms with E-state index in [0.717, 1.165) is 12.8 Å². The van der Waals surface area contributed by atoms with Crippen LogP contribution in [0.2, 0.25) is 0 Å². The highest BCUT2D eigenvalue weighted by Gasteiger charge is 2.56. The molecular formula is C14H20O4. The van der Waals surface area contributed by atoms with Crippen molar-refractivity contribution in [1.82, 2.24) is 0 Å². The molecule has 100 valence electrons. The number of rotatable bonds is 5. The lowest BCUT2D eigenvalue weighted by Crippen LogP contribution is -2.49. The van der Waals surface area contributed by atoms with Crippen molar-refractivity contribution in [2.75, 3.05) is 0 Å². The van der Waals surface area contributed by atoms with Gasteiger partial charge in [-0.15, -0.1) is 0 Å². The summed E-state index contributed by atoms with van der Waals surface area (Å²) in [7, 11) is 0. The first-order chi connectivity index (χ1) is 8.40. The molecule has 0 fully saturated rings. The number of allylic oxidation sites excluding steroid dienone is 2. The summed E-state index contributed by atoms with van der Waals surface area (Å²) >= 11 is 0. The van der Waals surface area contributed by atoms with E-state index in [1.54, 1.807) is 18.2 Å². The Morgan fingerprint density at radius 3 is 2.50 bits per heavy atom. The largest absolute Gasteiger partial charge is 0.481 e. The standard InChI is InChI=1S/C14H20O4/c1-3-4-5-9-14(12(17)18)10-7-6-8-13(14,2)11(15)16/h5,7,9-10H,3-4,6,8H2,1-2H3,(H,15,16)(H,17,18). The van der Waals surface area contributed by atoms with Crippen molar-refractivity contribution in [3.05, 3.63) is 24.3 Å². The maximum absolute atomic E-state index is 11.6. The molecule has 1 aliphatic carbocycles. The first-order valence-electron chi connectivity index (χ1n) is 6.23. The number of aliphatic carboxylic acids is 2. The molecule has 1 aliphatic rings. The van der Waals surface area contributed by atoms with Gasteiger partial charge >= 0.3 is 11.9 Å². The Morgan fingerprint density at radius 2 is 2.00 bits per heavy atom. The lowest BCUT2D eigenvalue weighted by atomic mass is 9.59. The van der Waals surface area contributed by atoms with E-state index < -0.39 is 22.8 Å². The van der Waals surface area contributed by atoms with Gasteiger partial charge in [-0.05, 0) is 26.2 Å². The first kappa shape index (κ1) is 14.5. The maximum Gasteiger partial charge on any atom is 0.318 e. The van der Waals surface area contributed by atoms with Gasteiger partial charge in [0.1, 0.15) is 5.41 Å². The zero-order valence-corrected chi connectivity index (χ0v) is 10.8. The zero-order chi connectivity index (χ0) is 13.8. The summed E-state index contributed by atoms with van der Waals surface area (Å²) in [6.45, 7) is 3.51. The third-order valence-electron chi connectivity index (χ3n) is 3.77. The minimum Gasteiger partial charge on any atom is -0.481 e. The van der Waals surface area contributed by atoms with Gasteiger partial charge in [0, 0.05) is 0 Å². The SMILES string of the molecule is CCCC=CC1(C(=O)O)C=CCCC1(C)C(=O)O.